The van der Waals surface area contributed by atoms with Gasteiger partial charge in [-0.05, 0) is 18.1 Å². The fourth-order valence-electron chi connectivity index (χ4n) is 0.879. The third-order valence-corrected chi connectivity index (χ3v) is 1.56. The first kappa shape index (κ1) is 9.70. The molecule has 0 aromatic carbocycles. The monoisotopic (exact) mass is 188 g/mol. The molecule has 0 aliphatic rings. The summed E-state index contributed by atoms with van der Waals surface area (Å²) in [5, 5.41) is 0. The van der Waals surface area contributed by atoms with Gasteiger partial charge in [0.05, 0.1) is 0 Å². The van der Waals surface area contributed by atoms with Gasteiger partial charge < -0.3 is 10.5 Å². The second kappa shape index (κ2) is 4.02. The van der Waals surface area contributed by atoms with Crippen molar-refractivity contribution in [1.29, 1.82) is 0 Å². The summed E-state index contributed by atoms with van der Waals surface area (Å²) < 4.78 is 27.8. The Morgan fingerprint density at radius 2 is 2.31 bits per heavy atom. The summed E-state index contributed by atoms with van der Waals surface area (Å²) in [6, 6.07) is 1.47. The summed E-state index contributed by atoms with van der Waals surface area (Å²) in [6.07, 6.45) is 2.24. The van der Waals surface area contributed by atoms with Crippen LogP contribution >= 0.6 is 0 Å². The molecule has 0 bridgehead atoms. The van der Waals surface area contributed by atoms with E-state index in [2.05, 4.69) is 9.72 Å². The Morgan fingerprint density at radius 1 is 1.62 bits per heavy atom. The van der Waals surface area contributed by atoms with Gasteiger partial charge in [-0.1, -0.05) is 6.92 Å². The zero-order valence-corrected chi connectivity index (χ0v) is 7.13. The molecule has 1 heterocycles. The van der Waals surface area contributed by atoms with E-state index in [0.29, 0.717) is 6.42 Å². The van der Waals surface area contributed by atoms with Crippen molar-refractivity contribution in [2.75, 3.05) is 5.73 Å². The number of aromatic nitrogens is 1. The van der Waals surface area contributed by atoms with E-state index < -0.39 is 6.61 Å². The number of rotatable bonds is 3. The third-order valence-electron chi connectivity index (χ3n) is 1.56. The van der Waals surface area contributed by atoms with Gasteiger partial charge in [0.2, 0.25) is 0 Å². The normalized spacial score (nSPS) is 10.5. The van der Waals surface area contributed by atoms with E-state index >= 15 is 0 Å². The van der Waals surface area contributed by atoms with Crippen LogP contribution in [0, 0.1) is 0 Å². The van der Waals surface area contributed by atoms with E-state index in [1.807, 2.05) is 6.92 Å². The van der Waals surface area contributed by atoms with Crippen molar-refractivity contribution in [3.8, 4) is 5.75 Å². The molecular formula is C8H10F2N2O. The second-order valence-electron chi connectivity index (χ2n) is 2.46. The van der Waals surface area contributed by atoms with Crippen molar-refractivity contribution >= 4 is 5.82 Å². The number of halogens is 2. The van der Waals surface area contributed by atoms with E-state index in [4.69, 9.17) is 5.73 Å². The first-order chi connectivity index (χ1) is 6.13. The van der Waals surface area contributed by atoms with Gasteiger partial charge in [0.1, 0.15) is 0 Å². The predicted molar refractivity (Wildman–Crippen MR) is 44.7 cm³/mol. The molecule has 0 radical (unpaired) electrons. The molecule has 0 aliphatic carbocycles. The van der Waals surface area contributed by atoms with E-state index in [0.717, 1.165) is 5.56 Å². The van der Waals surface area contributed by atoms with E-state index in [1.54, 1.807) is 0 Å². The zero-order chi connectivity index (χ0) is 9.84. The van der Waals surface area contributed by atoms with Gasteiger partial charge >= 0.3 is 6.61 Å². The van der Waals surface area contributed by atoms with Gasteiger partial charge in [-0.15, -0.1) is 0 Å². The maximum Gasteiger partial charge on any atom is 0.387 e. The number of anilines is 1. The molecule has 1 aromatic heterocycles. The molecular weight excluding hydrogens is 178 g/mol. The number of nitrogens with two attached hydrogens (primary N) is 1. The molecule has 0 amide bonds. The molecule has 0 aliphatic heterocycles. The van der Waals surface area contributed by atoms with E-state index in [9.17, 15) is 8.78 Å². The van der Waals surface area contributed by atoms with Gasteiger partial charge in [-0.25, -0.2) is 4.98 Å². The number of nitrogen functional groups attached to an aromatic ring is 1. The second-order valence-corrected chi connectivity index (χ2v) is 2.46. The highest BCUT2D eigenvalue weighted by molar-refractivity contribution is 5.46. The summed E-state index contributed by atoms with van der Waals surface area (Å²) in [7, 11) is 0. The van der Waals surface area contributed by atoms with Crippen LogP contribution in [0.3, 0.4) is 0 Å². The van der Waals surface area contributed by atoms with Crippen molar-refractivity contribution in [2.24, 2.45) is 0 Å². The standard InChI is InChI=1S/C8H10F2N2O/c1-2-5-3-6(13-8(9)10)7(11)12-4-5/h3-4,8H,2H2,1H3,(H2,11,12). The van der Waals surface area contributed by atoms with Crippen LogP contribution in [0.4, 0.5) is 14.6 Å². The topological polar surface area (TPSA) is 48.1 Å². The minimum absolute atomic E-state index is 0.0162. The quantitative estimate of drug-likeness (QED) is 0.787. The molecule has 0 unspecified atom stereocenters. The van der Waals surface area contributed by atoms with Crippen LogP contribution in [0.1, 0.15) is 12.5 Å². The predicted octanol–water partition coefficient (Wildman–Crippen LogP) is 1.83. The minimum Gasteiger partial charge on any atom is -0.431 e. The number of pyridine rings is 1. The summed E-state index contributed by atoms with van der Waals surface area (Å²) in [5.41, 5.74) is 6.13. The van der Waals surface area contributed by atoms with Gasteiger partial charge in [0, 0.05) is 6.20 Å². The van der Waals surface area contributed by atoms with Gasteiger partial charge in [-0.2, -0.15) is 8.78 Å². The summed E-state index contributed by atoms with van der Waals surface area (Å²) >= 11 is 0. The maximum absolute atomic E-state index is 11.8. The lowest BCUT2D eigenvalue weighted by Gasteiger charge is -2.07. The Bertz CT molecular complexity index is 291. The Labute approximate surface area is 74.5 Å². The number of hydrogen-bond donors (Lipinski definition) is 1. The first-order valence-electron chi connectivity index (χ1n) is 3.82. The van der Waals surface area contributed by atoms with Gasteiger partial charge in [0.25, 0.3) is 0 Å². The molecule has 1 rings (SSSR count). The van der Waals surface area contributed by atoms with Crippen molar-refractivity contribution in [3.63, 3.8) is 0 Å². The fourth-order valence-corrected chi connectivity index (χ4v) is 0.879. The van der Waals surface area contributed by atoms with Crippen molar-refractivity contribution in [2.45, 2.75) is 20.0 Å². The molecule has 0 saturated carbocycles. The minimum atomic E-state index is -2.86. The molecule has 1 aromatic rings. The Kier molecular flexibility index (Phi) is 3.00. The van der Waals surface area contributed by atoms with Crippen LogP contribution in [0.15, 0.2) is 12.3 Å². The molecule has 5 heteroatoms. The lowest BCUT2D eigenvalue weighted by atomic mass is 10.2. The lowest BCUT2D eigenvalue weighted by Crippen LogP contribution is -2.06. The average molecular weight is 188 g/mol. The number of alkyl halides is 2. The van der Waals surface area contributed by atoms with Gasteiger partial charge in [-0.3, -0.25) is 0 Å². The average Bonchev–Trinajstić information content (AvgIpc) is 2.08. The van der Waals surface area contributed by atoms with Crippen LogP contribution in [0.2, 0.25) is 0 Å². The number of nitrogens with zero attached hydrogens (tertiary/aromatic N) is 1. The molecule has 0 fully saturated rings. The summed E-state index contributed by atoms with van der Waals surface area (Å²) in [4.78, 5) is 3.72. The highest BCUT2D eigenvalue weighted by atomic mass is 19.3. The number of ether oxygens (including phenoxy) is 1. The summed E-state index contributed by atoms with van der Waals surface area (Å²) in [5.74, 6) is -0.0770. The lowest BCUT2D eigenvalue weighted by molar-refractivity contribution is -0.0495. The smallest absolute Gasteiger partial charge is 0.387 e. The molecule has 13 heavy (non-hydrogen) atoms. The Balaban J connectivity index is 2.90. The van der Waals surface area contributed by atoms with Crippen LogP contribution in [0.5, 0.6) is 5.75 Å². The largest absolute Gasteiger partial charge is 0.431 e. The van der Waals surface area contributed by atoms with Crippen LogP contribution < -0.4 is 10.5 Å². The van der Waals surface area contributed by atoms with Crippen molar-refractivity contribution in [3.05, 3.63) is 17.8 Å². The molecule has 0 spiro atoms. The van der Waals surface area contributed by atoms with E-state index in [1.165, 1.54) is 12.3 Å². The Hall–Kier alpha value is -1.39. The molecule has 72 valence electrons. The van der Waals surface area contributed by atoms with E-state index in [-0.39, 0.29) is 11.6 Å². The zero-order valence-electron chi connectivity index (χ0n) is 7.13. The molecule has 0 atom stereocenters. The maximum atomic E-state index is 11.8. The van der Waals surface area contributed by atoms with Crippen molar-refractivity contribution in [1.82, 2.24) is 4.98 Å². The Morgan fingerprint density at radius 3 is 2.85 bits per heavy atom. The third kappa shape index (κ3) is 2.54. The van der Waals surface area contributed by atoms with Crippen LogP contribution in [0.25, 0.3) is 0 Å². The molecule has 2 N–H and O–H groups in total. The van der Waals surface area contributed by atoms with Gasteiger partial charge in [0.15, 0.2) is 11.6 Å². The number of hydrogen-bond acceptors (Lipinski definition) is 3. The highest BCUT2D eigenvalue weighted by Crippen LogP contribution is 2.21. The SMILES string of the molecule is CCc1cnc(N)c(OC(F)F)c1. The van der Waals surface area contributed by atoms with Crippen LogP contribution in [-0.2, 0) is 6.42 Å². The number of aryl methyl sites for hydroxylation is 1. The summed E-state index contributed by atoms with van der Waals surface area (Å²) in [6.45, 7) is -0.976. The first-order valence-corrected chi connectivity index (χ1v) is 3.82. The van der Waals surface area contributed by atoms with Crippen LogP contribution in [-0.4, -0.2) is 11.6 Å². The molecule has 0 saturated heterocycles. The van der Waals surface area contributed by atoms with Crippen molar-refractivity contribution < 1.29 is 13.5 Å². The molecule has 3 nitrogen and oxygen atoms in total. The fraction of sp³-hybridized carbons (Fsp3) is 0.375. The highest BCUT2D eigenvalue weighted by Gasteiger charge is 2.08.